The van der Waals surface area contributed by atoms with Gasteiger partial charge in [-0.1, -0.05) is 0 Å². The number of amides is 1. The molecule has 2 aliphatic rings. The normalized spacial score (nSPS) is 28.5. The lowest BCUT2D eigenvalue weighted by molar-refractivity contribution is -0.130. The highest BCUT2D eigenvalue weighted by atomic mass is 16.3. The van der Waals surface area contributed by atoms with E-state index in [1.807, 2.05) is 24.4 Å². The van der Waals surface area contributed by atoms with Gasteiger partial charge in [-0.05, 0) is 46.0 Å². The maximum absolute atomic E-state index is 12.9. The van der Waals surface area contributed by atoms with Crippen LogP contribution >= 0.6 is 0 Å². The van der Waals surface area contributed by atoms with E-state index in [1.165, 1.54) is 0 Å². The Morgan fingerprint density at radius 2 is 1.93 bits per heavy atom. The van der Waals surface area contributed by atoms with Crippen molar-refractivity contribution in [3.8, 4) is 0 Å². The highest BCUT2D eigenvalue weighted by Crippen LogP contribution is 2.29. The molecule has 8 heteroatoms. The minimum absolute atomic E-state index is 0.0844. The van der Waals surface area contributed by atoms with Gasteiger partial charge in [0.2, 0.25) is 5.91 Å². The van der Waals surface area contributed by atoms with Gasteiger partial charge >= 0.3 is 0 Å². The average Bonchev–Trinajstić information content (AvgIpc) is 3.13. The molecule has 4 rings (SSSR count). The molecule has 1 amide bonds. The highest BCUT2D eigenvalue weighted by molar-refractivity contribution is 5.80. The Labute approximate surface area is 164 Å². The number of hydrogen-bond donors (Lipinski definition) is 3. The Bertz CT molecular complexity index is 859. The molecular weight excluding hydrogens is 358 g/mol. The van der Waals surface area contributed by atoms with Crippen molar-refractivity contribution in [2.45, 2.75) is 64.2 Å². The quantitative estimate of drug-likeness (QED) is 0.725. The number of rotatable bonds is 3. The monoisotopic (exact) mass is 387 g/mol. The number of carbonyl (C=O) groups excluding carboxylic acids is 1. The summed E-state index contributed by atoms with van der Waals surface area (Å²) >= 11 is 0. The molecule has 1 saturated heterocycles. The highest BCUT2D eigenvalue weighted by Gasteiger charge is 2.36. The van der Waals surface area contributed by atoms with E-state index in [2.05, 4.69) is 20.3 Å². The van der Waals surface area contributed by atoms with E-state index in [9.17, 15) is 15.0 Å². The summed E-state index contributed by atoms with van der Waals surface area (Å²) in [5.41, 5.74) is 2.76. The predicted molar refractivity (Wildman–Crippen MR) is 105 cm³/mol. The van der Waals surface area contributed by atoms with Crippen LogP contribution in [-0.4, -0.2) is 62.1 Å². The van der Waals surface area contributed by atoms with Gasteiger partial charge in [0, 0.05) is 36.5 Å². The predicted octanol–water partition coefficient (Wildman–Crippen LogP) is 0.953. The maximum Gasteiger partial charge on any atom is 0.227 e. The third-order valence-corrected chi connectivity index (χ3v) is 6.24. The van der Waals surface area contributed by atoms with E-state index in [1.54, 1.807) is 6.20 Å². The van der Waals surface area contributed by atoms with Crippen LogP contribution in [0.25, 0.3) is 5.65 Å². The number of anilines is 1. The van der Waals surface area contributed by atoms with E-state index in [0.717, 1.165) is 48.4 Å². The first-order valence-electron chi connectivity index (χ1n) is 10.2. The zero-order valence-corrected chi connectivity index (χ0v) is 16.5. The van der Waals surface area contributed by atoms with Crippen molar-refractivity contribution in [3.05, 3.63) is 23.5 Å². The lowest BCUT2D eigenvalue weighted by atomic mass is 9.90. The number of hydrogen-bond acceptors (Lipinski definition) is 6. The van der Waals surface area contributed by atoms with Gasteiger partial charge in [0.25, 0.3) is 0 Å². The van der Waals surface area contributed by atoms with Crippen molar-refractivity contribution in [1.82, 2.24) is 19.9 Å². The summed E-state index contributed by atoms with van der Waals surface area (Å²) < 4.78 is 1.82. The Hall–Kier alpha value is -2.19. The number of fused-ring (bicyclic) bond motifs is 1. The second kappa shape index (κ2) is 7.67. The molecule has 1 aliphatic heterocycles. The molecule has 1 aliphatic carbocycles. The molecule has 0 bridgehead atoms. The molecule has 0 radical (unpaired) electrons. The smallest absolute Gasteiger partial charge is 0.227 e. The van der Waals surface area contributed by atoms with E-state index in [4.69, 9.17) is 0 Å². The number of aliphatic hydroxyl groups is 2. The fourth-order valence-corrected chi connectivity index (χ4v) is 4.41. The average molecular weight is 387 g/mol. The van der Waals surface area contributed by atoms with Gasteiger partial charge in [0.05, 0.1) is 24.3 Å². The van der Waals surface area contributed by atoms with Crippen molar-refractivity contribution in [2.75, 3.05) is 18.0 Å². The first kappa shape index (κ1) is 19.1. The molecule has 152 valence electrons. The largest absolute Gasteiger partial charge is 0.393 e. The van der Waals surface area contributed by atoms with Gasteiger partial charge in [-0.2, -0.15) is 9.61 Å². The van der Waals surface area contributed by atoms with Gasteiger partial charge in [0.15, 0.2) is 5.65 Å². The summed E-state index contributed by atoms with van der Waals surface area (Å²) in [6, 6.07) is 1.96. The van der Waals surface area contributed by atoms with E-state index in [0.29, 0.717) is 19.5 Å². The molecule has 2 aromatic rings. The molecule has 2 fully saturated rings. The lowest BCUT2D eigenvalue weighted by Crippen LogP contribution is -2.52. The summed E-state index contributed by atoms with van der Waals surface area (Å²) in [7, 11) is 0. The lowest BCUT2D eigenvalue weighted by Gasteiger charge is -2.38. The van der Waals surface area contributed by atoms with Crippen molar-refractivity contribution in [2.24, 2.45) is 5.92 Å². The van der Waals surface area contributed by atoms with Crippen LogP contribution in [0.5, 0.6) is 0 Å². The number of nitrogens with one attached hydrogen (secondary N) is 1. The summed E-state index contributed by atoms with van der Waals surface area (Å²) in [4.78, 5) is 19.6. The Morgan fingerprint density at radius 1 is 1.18 bits per heavy atom. The van der Waals surface area contributed by atoms with Crippen molar-refractivity contribution >= 4 is 17.4 Å². The maximum atomic E-state index is 12.9. The number of aryl methyl sites for hydroxylation is 1. The Balaban J connectivity index is 1.53. The van der Waals surface area contributed by atoms with Crippen LogP contribution in [0.15, 0.2) is 12.3 Å². The molecule has 2 aromatic heterocycles. The number of piperidine rings is 1. The molecule has 8 nitrogen and oxygen atoms in total. The molecule has 1 saturated carbocycles. The molecule has 0 aromatic carbocycles. The first-order valence-corrected chi connectivity index (χ1v) is 10.2. The van der Waals surface area contributed by atoms with Crippen LogP contribution in [0.3, 0.4) is 0 Å². The molecule has 2 atom stereocenters. The summed E-state index contributed by atoms with van der Waals surface area (Å²) in [5.74, 6) is 0.357. The molecule has 3 N–H and O–H groups in total. The van der Waals surface area contributed by atoms with Gasteiger partial charge in [0.1, 0.15) is 5.82 Å². The molecule has 28 heavy (non-hydrogen) atoms. The molecule has 3 heterocycles. The van der Waals surface area contributed by atoms with E-state index < -0.39 is 12.0 Å². The second-order valence-electron chi connectivity index (χ2n) is 8.17. The van der Waals surface area contributed by atoms with Crippen LogP contribution in [0.4, 0.5) is 5.82 Å². The third-order valence-electron chi connectivity index (χ3n) is 6.24. The SMILES string of the molecule is Cc1nc2ccnn2c(N2CC[C@@H](O)[C@@H](C(=O)NC3CCC(O)CC3)C2)c1C. The molecular formula is C20H29N5O3. The summed E-state index contributed by atoms with van der Waals surface area (Å²) in [5, 5.41) is 27.7. The number of aromatic nitrogens is 3. The van der Waals surface area contributed by atoms with Crippen molar-refractivity contribution < 1.29 is 15.0 Å². The topological polar surface area (TPSA) is 103 Å². The number of nitrogens with zero attached hydrogens (tertiary/aromatic N) is 4. The third kappa shape index (κ3) is 3.58. The number of aliphatic hydroxyl groups excluding tert-OH is 2. The Morgan fingerprint density at radius 3 is 2.68 bits per heavy atom. The van der Waals surface area contributed by atoms with Crippen LogP contribution in [0.1, 0.15) is 43.4 Å². The Kier molecular flexibility index (Phi) is 5.25. The molecule has 0 spiro atoms. The van der Waals surface area contributed by atoms with Gasteiger partial charge in [-0.3, -0.25) is 4.79 Å². The first-order chi connectivity index (χ1) is 13.4. The standard InChI is InChI=1S/C20H29N5O3/c1-12-13(2)22-18-7-9-21-25(18)20(12)24-10-8-17(27)16(11-24)19(28)23-14-3-5-15(26)6-4-14/h7,9,14-17,26-27H,3-6,8,10-11H2,1-2H3,(H,23,28)/t14?,15?,16-,17+/m0/s1. The van der Waals surface area contributed by atoms with Crippen LogP contribution in [0, 0.1) is 19.8 Å². The fraction of sp³-hybridized carbons (Fsp3) is 0.650. The number of carbonyl (C=O) groups is 1. The fourth-order valence-electron chi connectivity index (χ4n) is 4.41. The van der Waals surface area contributed by atoms with Crippen LogP contribution in [-0.2, 0) is 4.79 Å². The van der Waals surface area contributed by atoms with Crippen molar-refractivity contribution in [1.29, 1.82) is 0 Å². The molecule has 0 unspecified atom stereocenters. The minimum Gasteiger partial charge on any atom is -0.393 e. The van der Waals surface area contributed by atoms with E-state index in [-0.39, 0.29) is 18.1 Å². The van der Waals surface area contributed by atoms with Crippen LogP contribution < -0.4 is 10.2 Å². The van der Waals surface area contributed by atoms with Gasteiger partial charge in [-0.25, -0.2) is 4.98 Å². The minimum atomic E-state index is -0.651. The zero-order chi connectivity index (χ0) is 19.8. The summed E-state index contributed by atoms with van der Waals surface area (Å²) in [6.07, 6.45) is 4.37. The van der Waals surface area contributed by atoms with Crippen molar-refractivity contribution in [3.63, 3.8) is 0 Å². The van der Waals surface area contributed by atoms with Crippen LogP contribution in [0.2, 0.25) is 0 Å². The second-order valence-corrected chi connectivity index (χ2v) is 8.17. The summed E-state index contributed by atoms with van der Waals surface area (Å²) in [6.45, 7) is 5.11. The van der Waals surface area contributed by atoms with Gasteiger partial charge in [-0.15, -0.1) is 0 Å². The van der Waals surface area contributed by atoms with Gasteiger partial charge < -0.3 is 20.4 Å². The zero-order valence-electron chi connectivity index (χ0n) is 16.5. The van der Waals surface area contributed by atoms with E-state index >= 15 is 0 Å².